The van der Waals surface area contributed by atoms with Crippen LogP contribution in [0.3, 0.4) is 0 Å². The summed E-state index contributed by atoms with van der Waals surface area (Å²) in [5.41, 5.74) is 3.44. The van der Waals surface area contributed by atoms with E-state index in [1.54, 1.807) is 23.0 Å². The molecule has 4 heteroatoms. The number of nitrogens with zero attached hydrogens (tertiary/aromatic N) is 3. The second kappa shape index (κ2) is 2.75. The highest BCUT2D eigenvalue weighted by Crippen LogP contribution is 2.13. The first-order chi connectivity index (χ1) is 5.47. The van der Waals surface area contributed by atoms with Gasteiger partial charge in [0.25, 0.3) is 0 Å². The Morgan fingerprint density at radius 2 is 2.27 bits per heavy atom. The SMILES string of the molecule is [c]1cnc(-c2cscn2)cn1. The van der Waals surface area contributed by atoms with Gasteiger partial charge in [-0.2, -0.15) is 0 Å². The smallest absolute Gasteiger partial charge is 0.109 e. The van der Waals surface area contributed by atoms with Gasteiger partial charge in [-0.1, -0.05) is 0 Å². The molecule has 2 aromatic heterocycles. The third-order valence-corrected chi connectivity index (χ3v) is 1.80. The molecule has 0 N–H and O–H groups in total. The van der Waals surface area contributed by atoms with Crippen molar-refractivity contribution in [2.24, 2.45) is 0 Å². The van der Waals surface area contributed by atoms with Crippen LogP contribution in [0, 0.1) is 6.20 Å². The van der Waals surface area contributed by atoms with Gasteiger partial charge in [0.05, 0.1) is 17.9 Å². The molecule has 0 saturated heterocycles. The van der Waals surface area contributed by atoms with E-state index in [1.807, 2.05) is 5.38 Å². The van der Waals surface area contributed by atoms with Gasteiger partial charge in [0, 0.05) is 5.38 Å². The molecule has 2 aromatic rings. The van der Waals surface area contributed by atoms with Crippen molar-refractivity contribution in [1.29, 1.82) is 0 Å². The van der Waals surface area contributed by atoms with Crippen LogP contribution in [-0.2, 0) is 0 Å². The summed E-state index contributed by atoms with van der Waals surface area (Å²) >= 11 is 1.55. The van der Waals surface area contributed by atoms with E-state index in [2.05, 4.69) is 21.1 Å². The van der Waals surface area contributed by atoms with Gasteiger partial charge >= 0.3 is 0 Å². The monoisotopic (exact) mass is 162 g/mol. The first kappa shape index (κ1) is 6.42. The Hall–Kier alpha value is -1.29. The Labute approximate surface area is 67.8 Å². The molecule has 1 radical (unpaired) electrons. The van der Waals surface area contributed by atoms with Crippen LogP contribution < -0.4 is 0 Å². The first-order valence-electron chi connectivity index (χ1n) is 3.03. The molecule has 0 bridgehead atoms. The maximum atomic E-state index is 4.09. The van der Waals surface area contributed by atoms with E-state index in [4.69, 9.17) is 0 Å². The Morgan fingerprint density at radius 1 is 1.27 bits per heavy atom. The van der Waals surface area contributed by atoms with Gasteiger partial charge in [-0.25, -0.2) is 4.98 Å². The highest BCUT2D eigenvalue weighted by atomic mass is 32.1. The van der Waals surface area contributed by atoms with Gasteiger partial charge in [-0.3, -0.25) is 9.97 Å². The lowest BCUT2D eigenvalue weighted by Gasteiger charge is -1.90. The molecule has 3 nitrogen and oxygen atoms in total. The van der Waals surface area contributed by atoms with Gasteiger partial charge in [-0.05, 0) is 0 Å². The maximum absolute atomic E-state index is 4.09. The summed E-state index contributed by atoms with van der Waals surface area (Å²) in [4.78, 5) is 12.0. The molecular formula is C7H4N3S. The minimum Gasteiger partial charge on any atom is -0.251 e. The van der Waals surface area contributed by atoms with Gasteiger partial charge in [0.1, 0.15) is 17.6 Å². The van der Waals surface area contributed by atoms with Crippen molar-refractivity contribution in [3.05, 3.63) is 29.5 Å². The fraction of sp³-hybridized carbons (Fsp3) is 0. The average molecular weight is 162 g/mol. The molecule has 0 amide bonds. The topological polar surface area (TPSA) is 38.7 Å². The molecule has 0 aliphatic carbocycles. The molecule has 0 spiro atoms. The second-order valence-corrected chi connectivity index (χ2v) is 2.62. The maximum Gasteiger partial charge on any atom is 0.109 e. The zero-order valence-corrected chi connectivity index (χ0v) is 6.38. The number of rotatable bonds is 1. The van der Waals surface area contributed by atoms with Crippen molar-refractivity contribution in [1.82, 2.24) is 15.0 Å². The molecule has 53 valence electrons. The van der Waals surface area contributed by atoms with Crippen LogP contribution in [0.4, 0.5) is 0 Å². The molecule has 0 saturated carbocycles. The molecule has 0 aromatic carbocycles. The molecule has 0 unspecified atom stereocenters. The standard InChI is InChI=1S/C7H4N3S/c1-2-9-6(3-8-1)7-4-11-5-10-7/h2-5H. The number of aromatic nitrogens is 3. The Balaban J connectivity index is 2.46. The van der Waals surface area contributed by atoms with Crippen LogP contribution in [0.2, 0.25) is 0 Å². The predicted molar refractivity (Wildman–Crippen MR) is 42.0 cm³/mol. The van der Waals surface area contributed by atoms with Gasteiger partial charge in [0.2, 0.25) is 0 Å². The summed E-state index contributed by atoms with van der Waals surface area (Å²) in [5.74, 6) is 0. The zero-order chi connectivity index (χ0) is 7.52. The highest BCUT2D eigenvalue weighted by molar-refractivity contribution is 7.07. The van der Waals surface area contributed by atoms with Crippen LogP contribution in [0.25, 0.3) is 11.4 Å². The minimum atomic E-state index is 0.796. The van der Waals surface area contributed by atoms with Crippen LogP contribution >= 0.6 is 11.3 Å². The van der Waals surface area contributed by atoms with Gasteiger partial charge in [0.15, 0.2) is 0 Å². The summed E-state index contributed by atoms with van der Waals surface area (Å²) in [6.07, 6.45) is 5.79. The van der Waals surface area contributed by atoms with E-state index in [9.17, 15) is 0 Å². The van der Waals surface area contributed by atoms with Crippen LogP contribution in [0.15, 0.2) is 23.3 Å². The van der Waals surface area contributed by atoms with E-state index in [-0.39, 0.29) is 0 Å². The summed E-state index contributed by atoms with van der Waals surface area (Å²) in [6.45, 7) is 0. The molecule has 11 heavy (non-hydrogen) atoms. The summed E-state index contributed by atoms with van der Waals surface area (Å²) in [6, 6.07) is 0. The van der Waals surface area contributed by atoms with E-state index in [0.29, 0.717) is 0 Å². The Bertz CT molecular complexity index is 317. The van der Waals surface area contributed by atoms with Crippen LogP contribution in [0.5, 0.6) is 0 Å². The summed E-state index contributed by atoms with van der Waals surface area (Å²) < 4.78 is 0. The van der Waals surface area contributed by atoms with E-state index in [1.165, 1.54) is 6.20 Å². The number of hydrogen-bond donors (Lipinski definition) is 0. The van der Waals surface area contributed by atoms with Crippen molar-refractivity contribution >= 4 is 11.3 Å². The Kier molecular flexibility index (Phi) is 1.61. The van der Waals surface area contributed by atoms with Crippen LogP contribution in [-0.4, -0.2) is 15.0 Å². The molecule has 0 atom stereocenters. The quantitative estimate of drug-likeness (QED) is 0.636. The lowest BCUT2D eigenvalue weighted by molar-refractivity contribution is 1.18. The molecule has 0 aliphatic rings. The third kappa shape index (κ3) is 1.25. The molecule has 0 aliphatic heterocycles. The molecule has 2 heterocycles. The Morgan fingerprint density at radius 3 is 2.91 bits per heavy atom. The van der Waals surface area contributed by atoms with E-state index < -0.39 is 0 Å². The van der Waals surface area contributed by atoms with Crippen molar-refractivity contribution in [2.45, 2.75) is 0 Å². The normalized spacial score (nSPS) is 9.82. The fourth-order valence-corrected chi connectivity index (χ4v) is 1.28. The third-order valence-electron chi connectivity index (χ3n) is 1.22. The highest BCUT2D eigenvalue weighted by Gasteiger charge is 1.98. The van der Waals surface area contributed by atoms with Gasteiger partial charge < -0.3 is 0 Å². The lowest BCUT2D eigenvalue weighted by Crippen LogP contribution is -1.82. The first-order valence-corrected chi connectivity index (χ1v) is 3.98. The van der Waals surface area contributed by atoms with Crippen molar-refractivity contribution in [3.8, 4) is 11.4 Å². The molecular weight excluding hydrogens is 158 g/mol. The van der Waals surface area contributed by atoms with Crippen molar-refractivity contribution in [2.75, 3.05) is 0 Å². The fourth-order valence-electron chi connectivity index (χ4n) is 0.735. The average Bonchev–Trinajstić information content (AvgIpc) is 2.58. The second-order valence-electron chi connectivity index (χ2n) is 1.90. The largest absolute Gasteiger partial charge is 0.251 e. The van der Waals surface area contributed by atoms with E-state index in [0.717, 1.165) is 11.4 Å². The predicted octanol–water partition coefficient (Wildman–Crippen LogP) is 1.40. The lowest BCUT2D eigenvalue weighted by atomic mass is 10.4. The van der Waals surface area contributed by atoms with Gasteiger partial charge in [-0.15, -0.1) is 11.3 Å². The zero-order valence-electron chi connectivity index (χ0n) is 5.56. The number of thiazole rings is 1. The summed E-state index contributed by atoms with van der Waals surface area (Å²) in [7, 11) is 0. The van der Waals surface area contributed by atoms with E-state index >= 15 is 0 Å². The van der Waals surface area contributed by atoms with Crippen LogP contribution in [0.1, 0.15) is 0 Å². The minimum absolute atomic E-state index is 0.796. The van der Waals surface area contributed by atoms with Crippen molar-refractivity contribution < 1.29 is 0 Å². The number of hydrogen-bond acceptors (Lipinski definition) is 4. The molecule has 0 fully saturated rings. The molecule has 2 rings (SSSR count). The van der Waals surface area contributed by atoms with Crippen molar-refractivity contribution in [3.63, 3.8) is 0 Å². The summed E-state index contributed by atoms with van der Waals surface area (Å²) in [5, 5.41) is 1.93.